The number of nitrogens with zero attached hydrogens (tertiary/aromatic N) is 2. The van der Waals surface area contributed by atoms with Crippen LogP contribution in [0.4, 0.5) is 0 Å². The topological polar surface area (TPSA) is 57.7 Å². The van der Waals surface area contributed by atoms with Gasteiger partial charge < -0.3 is 9.80 Å². The highest BCUT2D eigenvalue weighted by Crippen LogP contribution is 2.18. The molecule has 1 aromatic rings. The first-order valence-electron chi connectivity index (χ1n) is 6.16. The molecule has 0 radical (unpaired) electrons. The maximum absolute atomic E-state index is 12.4. The second kappa shape index (κ2) is 5.30. The third-order valence-corrected chi connectivity index (χ3v) is 4.46. The molecule has 0 N–H and O–H groups in total. The fraction of sp³-hybridized carbons (Fsp3) is 0.462. The van der Waals surface area contributed by atoms with Crippen LogP contribution in [0.5, 0.6) is 0 Å². The number of hydrogen-bond acceptors (Lipinski definition) is 4. The van der Waals surface area contributed by atoms with E-state index in [2.05, 4.69) is 4.90 Å². The third-order valence-electron chi connectivity index (χ3n) is 3.31. The van der Waals surface area contributed by atoms with E-state index in [0.717, 1.165) is 19.3 Å². The van der Waals surface area contributed by atoms with Gasteiger partial charge in [0.05, 0.1) is 10.5 Å². The van der Waals surface area contributed by atoms with Crippen LogP contribution in [0.1, 0.15) is 10.4 Å². The van der Waals surface area contributed by atoms with Gasteiger partial charge in [-0.25, -0.2) is 8.42 Å². The van der Waals surface area contributed by atoms with Gasteiger partial charge in [-0.3, -0.25) is 4.79 Å². The summed E-state index contributed by atoms with van der Waals surface area (Å²) < 4.78 is 23.4. The Kier molecular flexibility index (Phi) is 3.91. The van der Waals surface area contributed by atoms with Crippen LogP contribution >= 0.6 is 0 Å². The zero-order valence-corrected chi connectivity index (χ0v) is 12.0. The van der Waals surface area contributed by atoms with Gasteiger partial charge >= 0.3 is 0 Å². The number of carbonyl (C=O) groups excluding carboxylic acids is 1. The fourth-order valence-corrected chi connectivity index (χ4v) is 3.03. The number of carbonyl (C=O) groups is 1. The lowest BCUT2D eigenvalue weighted by Crippen LogP contribution is -2.47. The van der Waals surface area contributed by atoms with Gasteiger partial charge in [-0.2, -0.15) is 0 Å². The summed E-state index contributed by atoms with van der Waals surface area (Å²) in [5.41, 5.74) is 0.273. The summed E-state index contributed by atoms with van der Waals surface area (Å²) in [6.45, 7) is 2.89. The van der Waals surface area contributed by atoms with E-state index in [1.165, 1.54) is 6.07 Å². The van der Waals surface area contributed by atoms with Crippen molar-refractivity contribution >= 4 is 15.7 Å². The highest BCUT2D eigenvalue weighted by Gasteiger charge is 2.24. The molecule has 1 aromatic carbocycles. The molecule has 0 aromatic heterocycles. The molecule has 1 saturated heterocycles. The largest absolute Gasteiger partial charge is 0.336 e. The summed E-state index contributed by atoms with van der Waals surface area (Å²) in [4.78, 5) is 16.4. The average Bonchev–Trinajstić information content (AvgIpc) is 2.38. The molecule has 6 heteroatoms. The number of hydrogen-bond donors (Lipinski definition) is 0. The van der Waals surface area contributed by atoms with Crippen LogP contribution < -0.4 is 0 Å². The number of piperazine rings is 1. The van der Waals surface area contributed by atoms with Crippen molar-refractivity contribution in [1.29, 1.82) is 0 Å². The molecule has 0 saturated carbocycles. The number of sulfone groups is 1. The van der Waals surface area contributed by atoms with Gasteiger partial charge in [-0.15, -0.1) is 0 Å². The van der Waals surface area contributed by atoms with Crippen LogP contribution in [0.2, 0.25) is 0 Å². The molecule has 5 nitrogen and oxygen atoms in total. The average molecular weight is 282 g/mol. The SMILES string of the molecule is CN1CCN(C(=O)c2ccccc2S(C)(=O)=O)CC1. The van der Waals surface area contributed by atoms with Crippen LogP contribution in [-0.4, -0.2) is 63.6 Å². The monoisotopic (exact) mass is 282 g/mol. The van der Waals surface area contributed by atoms with E-state index in [1.807, 2.05) is 7.05 Å². The van der Waals surface area contributed by atoms with Crippen molar-refractivity contribution in [3.8, 4) is 0 Å². The first-order valence-corrected chi connectivity index (χ1v) is 8.05. The Morgan fingerprint density at radius 3 is 2.26 bits per heavy atom. The molecular formula is C13H18N2O3S. The first kappa shape index (κ1) is 14.0. The second-order valence-corrected chi connectivity index (χ2v) is 6.85. The van der Waals surface area contributed by atoms with Gasteiger partial charge in [-0.1, -0.05) is 12.1 Å². The Morgan fingerprint density at radius 1 is 1.11 bits per heavy atom. The normalized spacial score (nSPS) is 17.5. The lowest BCUT2D eigenvalue weighted by atomic mass is 10.2. The zero-order valence-electron chi connectivity index (χ0n) is 11.2. The third kappa shape index (κ3) is 3.13. The van der Waals surface area contributed by atoms with E-state index in [9.17, 15) is 13.2 Å². The maximum atomic E-state index is 12.4. The molecule has 0 bridgehead atoms. The molecule has 0 spiro atoms. The highest BCUT2D eigenvalue weighted by molar-refractivity contribution is 7.90. The van der Waals surface area contributed by atoms with Gasteiger partial charge in [0.2, 0.25) is 0 Å². The van der Waals surface area contributed by atoms with Crippen LogP contribution in [0.15, 0.2) is 29.2 Å². The van der Waals surface area contributed by atoms with Gasteiger partial charge in [0.15, 0.2) is 9.84 Å². The number of likely N-dealkylation sites (N-methyl/N-ethyl adjacent to an activating group) is 1. The lowest BCUT2D eigenvalue weighted by molar-refractivity contribution is 0.0660. The zero-order chi connectivity index (χ0) is 14.0. The van der Waals surface area contributed by atoms with Crippen molar-refractivity contribution in [3.63, 3.8) is 0 Å². The summed E-state index contributed by atoms with van der Waals surface area (Å²) in [5.74, 6) is -0.200. The van der Waals surface area contributed by atoms with E-state index in [1.54, 1.807) is 23.1 Å². The Bertz CT molecular complexity index is 575. The van der Waals surface area contributed by atoms with Crippen LogP contribution in [-0.2, 0) is 9.84 Å². The van der Waals surface area contributed by atoms with Crippen molar-refractivity contribution in [1.82, 2.24) is 9.80 Å². The van der Waals surface area contributed by atoms with E-state index >= 15 is 0 Å². The predicted molar refractivity (Wildman–Crippen MR) is 73.0 cm³/mol. The van der Waals surface area contributed by atoms with Gasteiger partial charge in [0, 0.05) is 32.4 Å². The molecule has 0 unspecified atom stereocenters. The van der Waals surface area contributed by atoms with Crippen molar-refractivity contribution in [2.75, 3.05) is 39.5 Å². The fourth-order valence-electron chi connectivity index (χ4n) is 2.15. The molecular weight excluding hydrogens is 264 g/mol. The molecule has 1 fully saturated rings. The Balaban J connectivity index is 2.30. The molecule has 1 aliphatic rings. The minimum absolute atomic E-state index is 0.110. The first-order chi connectivity index (χ1) is 8.89. The number of amides is 1. The summed E-state index contributed by atoms with van der Waals surface area (Å²) >= 11 is 0. The van der Waals surface area contributed by atoms with Gasteiger partial charge in [0.25, 0.3) is 5.91 Å². The molecule has 1 aliphatic heterocycles. The Labute approximate surface area is 113 Å². The molecule has 2 rings (SSSR count). The Morgan fingerprint density at radius 2 is 1.68 bits per heavy atom. The van der Waals surface area contributed by atoms with Crippen molar-refractivity contribution in [2.45, 2.75) is 4.90 Å². The molecule has 0 aliphatic carbocycles. The van der Waals surface area contributed by atoms with Crippen LogP contribution in [0.3, 0.4) is 0 Å². The van der Waals surface area contributed by atoms with Gasteiger partial charge in [0.1, 0.15) is 0 Å². The van der Waals surface area contributed by atoms with Crippen LogP contribution in [0, 0.1) is 0 Å². The van der Waals surface area contributed by atoms with Gasteiger partial charge in [-0.05, 0) is 19.2 Å². The molecule has 1 amide bonds. The Hall–Kier alpha value is -1.40. The standard InChI is InChI=1S/C13H18N2O3S/c1-14-7-9-15(10-8-14)13(16)11-5-3-4-6-12(11)19(2,17)18/h3-6H,7-10H2,1-2H3. The number of rotatable bonds is 2. The molecule has 1 heterocycles. The smallest absolute Gasteiger partial charge is 0.255 e. The predicted octanol–water partition coefficient (Wildman–Crippen LogP) is 0.478. The van der Waals surface area contributed by atoms with E-state index in [-0.39, 0.29) is 16.4 Å². The lowest BCUT2D eigenvalue weighted by Gasteiger charge is -2.32. The maximum Gasteiger partial charge on any atom is 0.255 e. The summed E-state index contributed by atoms with van der Waals surface area (Å²) in [6, 6.07) is 6.39. The van der Waals surface area contributed by atoms with E-state index < -0.39 is 9.84 Å². The highest BCUT2D eigenvalue weighted by atomic mass is 32.2. The molecule has 104 valence electrons. The van der Waals surface area contributed by atoms with Crippen molar-refractivity contribution in [2.24, 2.45) is 0 Å². The molecule has 0 atom stereocenters. The van der Waals surface area contributed by atoms with Crippen molar-refractivity contribution in [3.05, 3.63) is 29.8 Å². The van der Waals surface area contributed by atoms with Crippen LogP contribution in [0.25, 0.3) is 0 Å². The summed E-state index contributed by atoms with van der Waals surface area (Å²) in [5, 5.41) is 0. The second-order valence-electron chi connectivity index (χ2n) is 4.86. The minimum atomic E-state index is -3.39. The minimum Gasteiger partial charge on any atom is -0.336 e. The quantitative estimate of drug-likeness (QED) is 0.791. The number of benzene rings is 1. The van der Waals surface area contributed by atoms with E-state index in [0.29, 0.717) is 13.1 Å². The molecule has 19 heavy (non-hydrogen) atoms. The summed E-state index contributed by atoms with van der Waals surface area (Å²) in [7, 11) is -1.38. The van der Waals surface area contributed by atoms with Crippen molar-refractivity contribution < 1.29 is 13.2 Å². The summed E-state index contributed by atoms with van der Waals surface area (Å²) in [6.07, 6.45) is 1.13. The van der Waals surface area contributed by atoms with E-state index in [4.69, 9.17) is 0 Å².